The summed E-state index contributed by atoms with van der Waals surface area (Å²) in [5.41, 5.74) is 0.511. The van der Waals surface area contributed by atoms with Crippen LogP contribution in [0.4, 0.5) is 0 Å². The fraction of sp³-hybridized carbons (Fsp3) is 0.385. The molecule has 17 heavy (non-hydrogen) atoms. The van der Waals surface area contributed by atoms with Crippen LogP contribution in [0.2, 0.25) is 0 Å². The Bertz CT molecular complexity index is 426. The molecule has 4 heteroatoms. The molecular weight excluding hydrogens is 284 g/mol. The molecule has 0 spiro atoms. The average molecular weight is 299 g/mol. The van der Waals surface area contributed by atoms with Crippen LogP contribution >= 0.6 is 15.9 Å². The van der Waals surface area contributed by atoms with Gasteiger partial charge in [0.05, 0.1) is 7.11 Å². The maximum absolute atomic E-state index is 12.3. The first-order chi connectivity index (χ1) is 7.99. The summed E-state index contributed by atoms with van der Waals surface area (Å²) >= 11 is 3.31. The molecular formula is C13H15BrO3. The van der Waals surface area contributed by atoms with Crippen molar-refractivity contribution in [3.63, 3.8) is 0 Å². The largest absolute Gasteiger partial charge is 0.468 e. The van der Waals surface area contributed by atoms with E-state index >= 15 is 0 Å². The summed E-state index contributed by atoms with van der Waals surface area (Å²) < 4.78 is 5.38. The van der Waals surface area contributed by atoms with Gasteiger partial charge >= 0.3 is 5.97 Å². The molecule has 0 radical (unpaired) electrons. The fourth-order valence-electron chi connectivity index (χ4n) is 1.64. The Morgan fingerprint density at radius 2 is 1.82 bits per heavy atom. The number of carbonyl (C=O) groups excluding carboxylic acids is 2. The first-order valence-corrected chi connectivity index (χ1v) is 6.15. The summed E-state index contributed by atoms with van der Waals surface area (Å²) in [7, 11) is 1.30. The van der Waals surface area contributed by atoms with Crippen LogP contribution in [-0.4, -0.2) is 18.9 Å². The van der Waals surface area contributed by atoms with Gasteiger partial charge in [-0.3, -0.25) is 9.59 Å². The van der Waals surface area contributed by atoms with Crippen molar-refractivity contribution >= 4 is 27.7 Å². The Hall–Kier alpha value is -1.16. The van der Waals surface area contributed by atoms with E-state index in [1.54, 1.807) is 18.2 Å². The molecule has 0 saturated carbocycles. The second kappa shape index (κ2) is 5.96. The van der Waals surface area contributed by atoms with Crippen molar-refractivity contribution in [2.45, 2.75) is 13.8 Å². The van der Waals surface area contributed by atoms with Crippen LogP contribution in [0.15, 0.2) is 28.7 Å². The molecule has 0 fully saturated rings. The highest BCUT2D eigenvalue weighted by Crippen LogP contribution is 2.24. The van der Waals surface area contributed by atoms with E-state index in [0.29, 0.717) is 10.0 Å². The zero-order valence-electron chi connectivity index (χ0n) is 10.1. The van der Waals surface area contributed by atoms with E-state index in [1.165, 1.54) is 7.11 Å². The van der Waals surface area contributed by atoms with Gasteiger partial charge in [-0.05, 0) is 12.0 Å². The SMILES string of the molecule is COC(=O)C(C(=O)c1ccccc1Br)C(C)C. The number of ether oxygens (including phenoxy) is 1. The first kappa shape index (κ1) is 13.9. The van der Waals surface area contributed by atoms with E-state index in [2.05, 4.69) is 20.7 Å². The lowest BCUT2D eigenvalue weighted by Crippen LogP contribution is -2.30. The third-order valence-electron chi connectivity index (χ3n) is 2.54. The lowest BCUT2D eigenvalue weighted by molar-refractivity contribution is -0.144. The standard InChI is InChI=1S/C13H15BrO3/c1-8(2)11(13(16)17-3)12(15)9-6-4-5-7-10(9)14/h4-8,11H,1-3H3. The molecule has 0 aliphatic heterocycles. The van der Waals surface area contributed by atoms with E-state index in [9.17, 15) is 9.59 Å². The monoisotopic (exact) mass is 298 g/mol. The molecule has 0 amide bonds. The zero-order valence-corrected chi connectivity index (χ0v) is 11.7. The summed E-state index contributed by atoms with van der Waals surface area (Å²) in [5.74, 6) is -1.54. The smallest absolute Gasteiger partial charge is 0.316 e. The van der Waals surface area contributed by atoms with E-state index in [1.807, 2.05) is 19.9 Å². The number of benzene rings is 1. The van der Waals surface area contributed by atoms with Crippen LogP contribution in [0.3, 0.4) is 0 Å². The van der Waals surface area contributed by atoms with E-state index in [0.717, 1.165) is 0 Å². The van der Waals surface area contributed by atoms with E-state index in [-0.39, 0.29) is 11.7 Å². The molecule has 0 heterocycles. The van der Waals surface area contributed by atoms with Gasteiger partial charge in [0.25, 0.3) is 0 Å². The van der Waals surface area contributed by atoms with Gasteiger partial charge in [-0.25, -0.2) is 0 Å². The Labute approximate surface area is 109 Å². The van der Waals surface area contributed by atoms with Gasteiger partial charge in [-0.2, -0.15) is 0 Å². The van der Waals surface area contributed by atoms with Crippen LogP contribution in [-0.2, 0) is 9.53 Å². The highest BCUT2D eigenvalue weighted by atomic mass is 79.9. The second-order valence-electron chi connectivity index (χ2n) is 4.09. The predicted octanol–water partition coefficient (Wildman–Crippen LogP) is 3.08. The van der Waals surface area contributed by atoms with Gasteiger partial charge in [0.2, 0.25) is 0 Å². The first-order valence-electron chi connectivity index (χ1n) is 5.35. The van der Waals surface area contributed by atoms with Gasteiger partial charge in [-0.15, -0.1) is 0 Å². The number of hydrogen-bond acceptors (Lipinski definition) is 3. The van der Waals surface area contributed by atoms with Crippen molar-refractivity contribution in [2.75, 3.05) is 7.11 Å². The minimum Gasteiger partial charge on any atom is -0.468 e. The van der Waals surface area contributed by atoms with Gasteiger partial charge in [0.15, 0.2) is 5.78 Å². The van der Waals surface area contributed by atoms with Crippen LogP contribution < -0.4 is 0 Å². The predicted molar refractivity (Wildman–Crippen MR) is 68.8 cm³/mol. The molecule has 1 rings (SSSR count). The lowest BCUT2D eigenvalue weighted by Gasteiger charge is -2.17. The molecule has 1 atom stereocenters. The van der Waals surface area contributed by atoms with Crippen molar-refractivity contribution in [1.82, 2.24) is 0 Å². The van der Waals surface area contributed by atoms with Gasteiger partial charge in [0.1, 0.15) is 5.92 Å². The van der Waals surface area contributed by atoms with Crippen molar-refractivity contribution < 1.29 is 14.3 Å². The van der Waals surface area contributed by atoms with E-state index in [4.69, 9.17) is 0 Å². The molecule has 0 N–H and O–H groups in total. The molecule has 0 bridgehead atoms. The Balaban J connectivity index is 3.09. The molecule has 0 aromatic heterocycles. The van der Waals surface area contributed by atoms with E-state index < -0.39 is 11.9 Å². The van der Waals surface area contributed by atoms with Crippen molar-refractivity contribution in [1.29, 1.82) is 0 Å². The maximum atomic E-state index is 12.3. The molecule has 1 aromatic carbocycles. The second-order valence-corrected chi connectivity index (χ2v) is 4.94. The van der Waals surface area contributed by atoms with Crippen molar-refractivity contribution in [2.24, 2.45) is 11.8 Å². The third-order valence-corrected chi connectivity index (χ3v) is 3.24. The number of halogens is 1. The van der Waals surface area contributed by atoms with Crippen LogP contribution in [0.1, 0.15) is 24.2 Å². The van der Waals surface area contributed by atoms with Crippen LogP contribution in [0, 0.1) is 11.8 Å². The number of esters is 1. The minimum atomic E-state index is -0.751. The molecule has 0 aliphatic carbocycles. The fourth-order valence-corrected chi connectivity index (χ4v) is 2.12. The molecule has 0 aliphatic rings. The van der Waals surface area contributed by atoms with Gasteiger partial charge < -0.3 is 4.74 Å². The number of carbonyl (C=O) groups is 2. The Kier molecular flexibility index (Phi) is 4.87. The minimum absolute atomic E-state index is 0.0953. The Morgan fingerprint density at radius 3 is 2.29 bits per heavy atom. The third kappa shape index (κ3) is 3.16. The van der Waals surface area contributed by atoms with Crippen molar-refractivity contribution in [3.8, 4) is 0 Å². The van der Waals surface area contributed by atoms with Gasteiger partial charge in [0, 0.05) is 10.0 Å². The number of hydrogen-bond donors (Lipinski definition) is 0. The lowest BCUT2D eigenvalue weighted by atomic mass is 9.88. The highest BCUT2D eigenvalue weighted by molar-refractivity contribution is 9.10. The van der Waals surface area contributed by atoms with Crippen LogP contribution in [0.5, 0.6) is 0 Å². The number of rotatable bonds is 4. The van der Waals surface area contributed by atoms with Gasteiger partial charge in [-0.1, -0.05) is 48.0 Å². The number of methoxy groups -OCH3 is 1. The zero-order chi connectivity index (χ0) is 13.0. The molecule has 1 aromatic rings. The quantitative estimate of drug-likeness (QED) is 0.487. The highest BCUT2D eigenvalue weighted by Gasteiger charge is 2.32. The molecule has 3 nitrogen and oxygen atoms in total. The summed E-state index contributed by atoms with van der Waals surface area (Å²) in [4.78, 5) is 23.9. The Morgan fingerprint density at radius 1 is 1.24 bits per heavy atom. The molecule has 92 valence electrons. The number of Topliss-reactive ketones (excluding diaryl/α,β-unsaturated/α-hetero) is 1. The normalized spacial score (nSPS) is 12.3. The number of ketones is 1. The van der Waals surface area contributed by atoms with Crippen LogP contribution in [0.25, 0.3) is 0 Å². The van der Waals surface area contributed by atoms with Crippen molar-refractivity contribution in [3.05, 3.63) is 34.3 Å². The summed E-state index contributed by atoms with van der Waals surface area (Å²) in [6, 6.07) is 7.07. The molecule has 1 unspecified atom stereocenters. The summed E-state index contributed by atoms with van der Waals surface area (Å²) in [6.07, 6.45) is 0. The maximum Gasteiger partial charge on any atom is 0.316 e. The summed E-state index contributed by atoms with van der Waals surface area (Å²) in [5, 5.41) is 0. The average Bonchev–Trinajstić information content (AvgIpc) is 2.28. The molecule has 0 saturated heterocycles. The topological polar surface area (TPSA) is 43.4 Å². The summed E-state index contributed by atoms with van der Waals surface area (Å²) in [6.45, 7) is 3.66.